The van der Waals surface area contributed by atoms with Crippen LogP contribution in [0.5, 0.6) is 0 Å². The Kier molecular flexibility index (Phi) is 6.85. The molecule has 1 saturated heterocycles. The SMILES string of the molecule is CCCNC(CCCC1CCCO1)c1cccc(Cl)c1. The van der Waals surface area contributed by atoms with Crippen molar-refractivity contribution in [3.05, 3.63) is 34.9 Å². The van der Waals surface area contributed by atoms with Crippen LogP contribution >= 0.6 is 11.6 Å². The summed E-state index contributed by atoms with van der Waals surface area (Å²) in [4.78, 5) is 0. The fourth-order valence-electron chi connectivity index (χ4n) is 2.85. The maximum Gasteiger partial charge on any atom is 0.0576 e. The van der Waals surface area contributed by atoms with Crippen molar-refractivity contribution in [1.82, 2.24) is 5.32 Å². The molecule has 1 aliphatic heterocycles. The largest absolute Gasteiger partial charge is 0.378 e. The van der Waals surface area contributed by atoms with E-state index in [2.05, 4.69) is 24.4 Å². The Hall–Kier alpha value is -0.570. The molecule has 1 aromatic carbocycles. The molecule has 0 aromatic heterocycles. The van der Waals surface area contributed by atoms with Crippen LogP contribution in [0.1, 0.15) is 57.1 Å². The Morgan fingerprint density at radius 3 is 3.05 bits per heavy atom. The monoisotopic (exact) mass is 295 g/mol. The molecule has 0 bridgehead atoms. The summed E-state index contributed by atoms with van der Waals surface area (Å²) >= 11 is 6.11. The third-order valence-corrected chi connectivity index (χ3v) is 4.17. The molecule has 0 radical (unpaired) electrons. The Balaban J connectivity index is 1.85. The molecule has 0 saturated carbocycles. The van der Waals surface area contributed by atoms with E-state index in [1.807, 2.05) is 12.1 Å². The van der Waals surface area contributed by atoms with Gasteiger partial charge in [-0.05, 0) is 62.8 Å². The van der Waals surface area contributed by atoms with Crippen LogP contribution in [-0.4, -0.2) is 19.3 Å². The highest BCUT2D eigenvalue weighted by Crippen LogP contribution is 2.25. The second-order valence-corrected chi connectivity index (χ2v) is 6.06. The van der Waals surface area contributed by atoms with Gasteiger partial charge in [-0.25, -0.2) is 0 Å². The summed E-state index contributed by atoms with van der Waals surface area (Å²) in [6.07, 6.45) is 7.67. The second kappa shape index (κ2) is 8.66. The minimum absolute atomic E-state index is 0.412. The topological polar surface area (TPSA) is 21.3 Å². The number of hydrogen-bond donors (Lipinski definition) is 1. The van der Waals surface area contributed by atoms with Gasteiger partial charge in [-0.1, -0.05) is 30.7 Å². The third kappa shape index (κ3) is 5.08. The quantitative estimate of drug-likeness (QED) is 0.748. The summed E-state index contributed by atoms with van der Waals surface area (Å²) in [5.41, 5.74) is 1.30. The first-order valence-corrected chi connectivity index (χ1v) is 8.28. The Morgan fingerprint density at radius 2 is 2.35 bits per heavy atom. The maximum absolute atomic E-state index is 6.11. The standard InChI is InChI=1S/C17H26ClNO/c1-2-11-19-17(14-6-3-7-15(18)13-14)10-4-8-16-9-5-12-20-16/h3,6-7,13,16-17,19H,2,4-5,8-12H2,1H3. The molecule has 1 heterocycles. The number of hydrogen-bond acceptors (Lipinski definition) is 2. The molecule has 2 rings (SSSR count). The van der Waals surface area contributed by atoms with Gasteiger partial charge in [-0.3, -0.25) is 0 Å². The van der Waals surface area contributed by atoms with Crippen molar-refractivity contribution in [3.63, 3.8) is 0 Å². The lowest BCUT2D eigenvalue weighted by Crippen LogP contribution is -2.22. The molecule has 1 N–H and O–H groups in total. The van der Waals surface area contributed by atoms with Crippen LogP contribution in [-0.2, 0) is 4.74 Å². The summed E-state index contributed by atoms with van der Waals surface area (Å²) in [6.45, 7) is 4.21. The molecule has 20 heavy (non-hydrogen) atoms. The van der Waals surface area contributed by atoms with Crippen molar-refractivity contribution in [1.29, 1.82) is 0 Å². The summed E-state index contributed by atoms with van der Waals surface area (Å²) in [6, 6.07) is 8.65. The van der Waals surface area contributed by atoms with Crippen LogP contribution in [0, 0.1) is 0 Å². The third-order valence-electron chi connectivity index (χ3n) is 3.93. The fourth-order valence-corrected chi connectivity index (χ4v) is 3.05. The lowest BCUT2D eigenvalue weighted by Gasteiger charge is -2.20. The van der Waals surface area contributed by atoms with Crippen LogP contribution in [0.25, 0.3) is 0 Å². The number of rotatable bonds is 8. The molecule has 1 fully saturated rings. The van der Waals surface area contributed by atoms with Gasteiger partial charge in [0.25, 0.3) is 0 Å². The van der Waals surface area contributed by atoms with Gasteiger partial charge < -0.3 is 10.1 Å². The number of nitrogens with one attached hydrogen (secondary N) is 1. The smallest absolute Gasteiger partial charge is 0.0576 e. The predicted octanol–water partition coefficient (Wildman–Crippen LogP) is 4.73. The summed E-state index contributed by atoms with van der Waals surface area (Å²) < 4.78 is 5.70. The van der Waals surface area contributed by atoms with Crippen LogP contribution < -0.4 is 5.32 Å². The highest BCUT2D eigenvalue weighted by molar-refractivity contribution is 6.30. The van der Waals surface area contributed by atoms with Gasteiger partial charge in [-0.2, -0.15) is 0 Å². The Bertz CT molecular complexity index is 390. The van der Waals surface area contributed by atoms with E-state index < -0.39 is 0 Å². The van der Waals surface area contributed by atoms with E-state index >= 15 is 0 Å². The van der Waals surface area contributed by atoms with Crippen molar-refractivity contribution in [3.8, 4) is 0 Å². The van der Waals surface area contributed by atoms with Gasteiger partial charge >= 0.3 is 0 Å². The van der Waals surface area contributed by atoms with Gasteiger partial charge in [0, 0.05) is 17.7 Å². The van der Waals surface area contributed by atoms with Crippen molar-refractivity contribution in [2.24, 2.45) is 0 Å². The van der Waals surface area contributed by atoms with Crippen LogP contribution in [0.4, 0.5) is 0 Å². The van der Waals surface area contributed by atoms with Crippen molar-refractivity contribution in [2.75, 3.05) is 13.2 Å². The average molecular weight is 296 g/mol. The average Bonchev–Trinajstić information content (AvgIpc) is 2.96. The minimum Gasteiger partial charge on any atom is -0.378 e. The van der Waals surface area contributed by atoms with Crippen molar-refractivity contribution < 1.29 is 4.74 Å². The molecular formula is C17H26ClNO. The zero-order valence-electron chi connectivity index (χ0n) is 12.4. The van der Waals surface area contributed by atoms with Crippen LogP contribution in [0.3, 0.4) is 0 Å². The number of benzene rings is 1. The first-order valence-electron chi connectivity index (χ1n) is 7.90. The van der Waals surface area contributed by atoms with Crippen LogP contribution in [0.15, 0.2) is 24.3 Å². The highest BCUT2D eigenvalue weighted by atomic mass is 35.5. The van der Waals surface area contributed by atoms with Gasteiger partial charge in [-0.15, -0.1) is 0 Å². The molecule has 2 atom stereocenters. The highest BCUT2D eigenvalue weighted by Gasteiger charge is 2.17. The number of halogens is 1. The molecule has 2 nitrogen and oxygen atoms in total. The number of ether oxygens (including phenoxy) is 1. The lowest BCUT2D eigenvalue weighted by molar-refractivity contribution is 0.101. The van der Waals surface area contributed by atoms with Gasteiger partial charge in [0.15, 0.2) is 0 Å². The van der Waals surface area contributed by atoms with E-state index in [4.69, 9.17) is 16.3 Å². The van der Waals surface area contributed by atoms with E-state index in [0.717, 1.165) is 31.0 Å². The molecule has 1 aromatic rings. The summed E-state index contributed by atoms with van der Waals surface area (Å²) in [5, 5.41) is 4.46. The van der Waals surface area contributed by atoms with Crippen molar-refractivity contribution in [2.45, 2.75) is 57.6 Å². The molecule has 3 heteroatoms. The first-order chi connectivity index (χ1) is 9.79. The van der Waals surface area contributed by atoms with E-state index in [-0.39, 0.29) is 0 Å². The van der Waals surface area contributed by atoms with E-state index in [0.29, 0.717) is 12.1 Å². The molecule has 0 spiro atoms. The summed E-state index contributed by atoms with van der Waals surface area (Å²) in [5.74, 6) is 0. The normalized spacial score (nSPS) is 20.2. The Labute approximate surface area is 127 Å². The first kappa shape index (κ1) is 15.8. The summed E-state index contributed by atoms with van der Waals surface area (Å²) in [7, 11) is 0. The maximum atomic E-state index is 6.11. The molecule has 0 amide bonds. The van der Waals surface area contributed by atoms with E-state index in [1.165, 1.54) is 31.2 Å². The Morgan fingerprint density at radius 1 is 1.45 bits per heavy atom. The van der Waals surface area contributed by atoms with Gasteiger partial charge in [0.2, 0.25) is 0 Å². The van der Waals surface area contributed by atoms with Gasteiger partial charge in [0.05, 0.1) is 6.10 Å². The van der Waals surface area contributed by atoms with E-state index in [1.54, 1.807) is 0 Å². The molecule has 2 unspecified atom stereocenters. The van der Waals surface area contributed by atoms with E-state index in [9.17, 15) is 0 Å². The predicted molar refractivity (Wildman–Crippen MR) is 85.3 cm³/mol. The molecule has 1 aliphatic rings. The second-order valence-electron chi connectivity index (χ2n) is 5.63. The molecular weight excluding hydrogens is 270 g/mol. The molecule has 0 aliphatic carbocycles. The fraction of sp³-hybridized carbons (Fsp3) is 0.647. The lowest BCUT2D eigenvalue weighted by atomic mass is 9.99. The zero-order valence-corrected chi connectivity index (χ0v) is 13.2. The minimum atomic E-state index is 0.412. The molecule has 112 valence electrons. The zero-order chi connectivity index (χ0) is 14.2. The van der Waals surface area contributed by atoms with Crippen molar-refractivity contribution >= 4 is 11.6 Å². The van der Waals surface area contributed by atoms with Crippen LogP contribution in [0.2, 0.25) is 5.02 Å². The van der Waals surface area contributed by atoms with Gasteiger partial charge in [0.1, 0.15) is 0 Å².